The fourth-order valence-corrected chi connectivity index (χ4v) is 2.07. The van der Waals surface area contributed by atoms with Gasteiger partial charge in [0, 0.05) is 25.6 Å². The average molecular weight is 333 g/mol. The molecule has 0 unspecified atom stereocenters. The summed E-state index contributed by atoms with van der Waals surface area (Å²) < 4.78 is 6.35. The Hall–Kier alpha value is -2.87. The lowest BCUT2D eigenvalue weighted by atomic mass is 10.1. The number of aromatic nitrogens is 1. The zero-order valence-electron chi connectivity index (χ0n) is 13.0. The van der Waals surface area contributed by atoms with Gasteiger partial charge in [0.1, 0.15) is 5.75 Å². The van der Waals surface area contributed by atoms with Gasteiger partial charge in [-0.1, -0.05) is 12.1 Å². The van der Waals surface area contributed by atoms with Gasteiger partial charge in [0.15, 0.2) is 5.49 Å². The highest BCUT2D eigenvalue weighted by molar-refractivity contribution is 5.28. The third-order valence-electron chi connectivity index (χ3n) is 3.25. The Morgan fingerprint density at radius 1 is 1.29 bits per heavy atom. The smallest absolute Gasteiger partial charge is 0.274 e. The molecule has 0 fully saturated rings. The molecule has 0 aliphatic carbocycles. The van der Waals surface area contributed by atoms with Crippen molar-refractivity contribution >= 4 is 5.69 Å². The number of pyridine rings is 1. The summed E-state index contributed by atoms with van der Waals surface area (Å²) in [6.45, 7) is 0.872. The zero-order chi connectivity index (χ0) is 17.4. The predicted octanol–water partition coefficient (Wildman–Crippen LogP) is 1.54. The molecular weight excluding hydrogens is 314 g/mol. The lowest BCUT2D eigenvalue weighted by Gasteiger charge is -2.06. The van der Waals surface area contributed by atoms with E-state index in [0.29, 0.717) is 31.7 Å². The first-order valence-electron chi connectivity index (χ1n) is 7.49. The van der Waals surface area contributed by atoms with Crippen molar-refractivity contribution in [2.75, 3.05) is 19.8 Å². The molecule has 0 aliphatic heterocycles. The van der Waals surface area contributed by atoms with Crippen LogP contribution in [-0.4, -0.2) is 39.7 Å². The molecular formula is C16H19N3O5. The minimum atomic E-state index is -0.540. The second-order valence-corrected chi connectivity index (χ2v) is 5.05. The highest BCUT2D eigenvalue weighted by Crippen LogP contribution is 2.13. The molecule has 8 heteroatoms. The maximum Gasteiger partial charge on any atom is 0.274 e. The summed E-state index contributed by atoms with van der Waals surface area (Å²) in [5.74, 6) is 0.716. The van der Waals surface area contributed by atoms with Crippen molar-refractivity contribution in [2.24, 2.45) is 4.99 Å². The Balaban J connectivity index is 1.88. The maximum absolute atomic E-state index is 10.7. The van der Waals surface area contributed by atoms with Gasteiger partial charge in [-0.15, -0.1) is 0 Å². The van der Waals surface area contributed by atoms with Gasteiger partial charge in [-0.2, -0.15) is 4.73 Å². The van der Waals surface area contributed by atoms with Crippen molar-refractivity contribution in [1.82, 2.24) is 4.73 Å². The number of nitro groups is 1. The van der Waals surface area contributed by atoms with E-state index in [0.717, 1.165) is 10.3 Å². The van der Waals surface area contributed by atoms with E-state index in [1.54, 1.807) is 0 Å². The van der Waals surface area contributed by atoms with Gasteiger partial charge in [0.05, 0.1) is 23.8 Å². The maximum atomic E-state index is 10.7. The van der Waals surface area contributed by atoms with E-state index < -0.39 is 4.92 Å². The number of aliphatic hydroxyl groups is 1. The van der Waals surface area contributed by atoms with Crippen LogP contribution in [0.4, 0.5) is 5.69 Å². The predicted molar refractivity (Wildman–Crippen MR) is 86.0 cm³/mol. The van der Waals surface area contributed by atoms with Crippen LogP contribution in [0.1, 0.15) is 12.0 Å². The number of benzene rings is 1. The number of nitrogens with zero attached hydrogens (tertiary/aromatic N) is 3. The van der Waals surface area contributed by atoms with Crippen molar-refractivity contribution < 1.29 is 20.0 Å². The van der Waals surface area contributed by atoms with E-state index in [1.807, 2.05) is 24.3 Å². The number of hydrogen-bond donors (Lipinski definition) is 2. The van der Waals surface area contributed by atoms with Gasteiger partial charge in [-0.25, -0.2) is 0 Å². The van der Waals surface area contributed by atoms with E-state index in [-0.39, 0.29) is 17.8 Å². The molecule has 1 heterocycles. The molecule has 128 valence electrons. The van der Waals surface area contributed by atoms with Crippen LogP contribution in [0.15, 0.2) is 47.6 Å². The van der Waals surface area contributed by atoms with E-state index in [1.165, 1.54) is 18.3 Å². The van der Waals surface area contributed by atoms with Crippen LogP contribution < -0.4 is 10.2 Å². The van der Waals surface area contributed by atoms with Crippen LogP contribution in [0.3, 0.4) is 0 Å². The van der Waals surface area contributed by atoms with Gasteiger partial charge in [-0.05, 0) is 24.1 Å². The SMILES string of the molecule is O=[N+]([O-])c1ccn(O)c(=NCCCOc2cccc(CCO)c2)c1. The second kappa shape index (κ2) is 8.68. The van der Waals surface area contributed by atoms with Crippen molar-refractivity contribution in [3.63, 3.8) is 0 Å². The largest absolute Gasteiger partial charge is 0.494 e. The van der Waals surface area contributed by atoms with Crippen LogP contribution in [0.25, 0.3) is 0 Å². The molecule has 1 aromatic carbocycles. The lowest BCUT2D eigenvalue weighted by Crippen LogP contribution is -2.19. The summed E-state index contributed by atoms with van der Waals surface area (Å²) in [5, 5.41) is 29.2. The lowest BCUT2D eigenvalue weighted by molar-refractivity contribution is -0.385. The Labute approximate surface area is 138 Å². The van der Waals surface area contributed by atoms with Crippen LogP contribution in [-0.2, 0) is 6.42 Å². The van der Waals surface area contributed by atoms with Crippen molar-refractivity contribution in [3.05, 3.63) is 63.8 Å². The van der Waals surface area contributed by atoms with E-state index in [4.69, 9.17) is 9.84 Å². The zero-order valence-corrected chi connectivity index (χ0v) is 13.0. The molecule has 8 nitrogen and oxygen atoms in total. The Morgan fingerprint density at radius 3 is 2.88 bits per heavy atom. The minimum absolute atomic E-state index is 0.0900. The quantitative estimate of drug-likeness (QED) is 0.329. The van der Waals surface area contributed by atoms with Gasteiger partial charge < -0.3 is 15.1 Å². The summed E-state index contributed by atoms with van der Waals surface area (Å²) in [4.78, 5) is 14.3. The fourth-order valence-electron chi connectivity index (χ4n) is 2.07. The molecule has 0 saturated heterocycles. The van der Waals surface area contributed by atoms with Crippen molar-refractivity contribution in [3.8, 4) is 5.75 Å². The van der Waals surface area contributed by atoms with Crippen LogP contribution in [0.5, 0.6) is 5.75 Å². The number of aliphatic hydroxyl groups excluding tert-OH is 1. The highest BCUT2D eigenvalue weighted by atomic mass is 16.6. The number of rotatable bonds is 8. The Morgan fingerprint density at radius 2 is 2.12 bits per heavy atom. The van der Waals surface area contributed by atoms with Crippen LogP contribution in [0.2, 0.25) is 0 Å². The minimum Gasteiger partial charge on any atom is -0.494 e. The van der Waals surface area contributed by atoms with Crippen molar-refractivity contribution in [2.45, 2.75) is 12.8 Å². The Kier molecular flexibility index (Phi) is 6.32. The summed E-state index contributed by atoms with van der Waals surface area (Å²) in [7, 11) is 0. The molecule has 24 heavy (non-hydrogen) atoms. The molecule has 0 saturated carbocycles. The normalized spacial score (nSPS) is 11.5. The first kappa shape index (κ1) is 17.5. The fraction of sp³-hybridized carbons (Fsp3) is 0.312. The van der Waals surface area contributed by atoms with Crippen LogP contribution >= 0.6 is 0 Å². The first-order chi connectivity index (χ1) is 11.6. The molecule has 0 radical (unpaired) electrons. The van der Waals surface area contributed by atoms with Gasteiger partial charge in [-0.3, -0.25) is 15.1 Å². The summed E-state index contributed by atoms with van der Waals surface area (Å²) in [6.07, 6.45) is 2.35. The highest BCUT2D eigenvalue weighted by Gasteiger charge is 2.05. The first-order valence-corrected chi connectivity index (χ1v) is 7.49. The van der Waals surface area contributed by atoms with Crippen LogP contribution in [0, 0.1) is 10.1 Å². The summed E-state index contributed by atoms with van der Waals surface area (Å²) in [5.41, 5.74) is 0.989. The summed E-state index contributed by atoms with van der Waals surface area (Å²) >= 11 is 0. The van der Waals surface area contributed by atoms with E-state index in [9.17, 15) is 15.3 Å². The molecule has 2 rings (SSSR count). The monoisotopic (exact) mass is 333 g/mol. The number of ether oxygens (including phenoxy) is 1. The molecule has 2 N–H and O–H groups in total. The number of hydrogen-bond acceptors (Lipinski definition) is 6. The molecule has 0 aliphatic rings. The van der Waals surface area contributed by atoms with Crippen molar-refractivity contribution in [1.29, 1.82) is 0 Å². The molecule has 0 atom stereocenters. The second-order valence-electron chi connectivity index (χ2n) is 5.05. The van der Waals surface area contributed by atoms with E-state index in [2.05, 4.69) is 4.99 Å². The molecule has 0 amide bonds. The molecule has 0 spiro atoms. The molecule has 2 aromatic rings. The molecule has 0 bridgehead atoms. The third kappa shape index (κ3) is 5.10. The standard InChI is InChI=1S/C16H19N3O5/c20-9-6-13-3-1-4-15(11-13)24-10-2-7-17-16-12-14(19(22)23)5-8-18(16)21/h1,3-5,8,11-12,20-21H,2,6-7,9-10H2. The Bertz CT molecular complexity index is 757. The molecule has 1 aromatic heterocycles. The average Bonchev–Trinajstić information content (AvgIpc) is 2.56. The third-order valence-corrected chi connectivity index (χ3v) is 3.25. The van der Waals surface area contributed by atoms with Gasteiger partial charge >= 0.3 is 0 Å². The summed E-state index contributed by atoms with van der Waals surface area (Å²) in [6, 6.07) is 9.89. The van der Waals surface area contributed by atoms with Gasteiger partial charge in [0.25, 0.3) is 5.69 Å². The van der Waals surface area contributed by atoms with E-state index >= 15 is 0 Å². The van der Waals surface area contributed by atoms with Gasteiger partial charge in [0.2, 0.25) is 0 Å². The topological polar surface area (TPSA) is 110 Å².